The number of nitrogens with zero attached hydrogens (tertiary/aromatic N) is 2. The summed E-state index contributed by atoms with van der Waals surface area (Å²) in [6.45, 7) is 4.73. The Labute approximate surface area is 311 Å². The SMILES string of the molecule is CCOc1ccc([C@@H]2C(C(=O)Nc3ccccc3)=C(C)N=c3s/c(=C\c4cc(I)c(OCc5ccc(Br)cc5)c(I)c4)c(=O)n32)cc1. The Balaban J connectivity index is 1.38. The number of halogens is 3. The standard InChI is InChI=1S/C36H28BrI2N3O4S/c1-3-45-27-15-11-24(12-16-27)32-31(34(43)41-26-7-5-4-6-8-26)21(2)40-36-42(32)35(44)30(47-36)19-23-17-28(38)33(29(39)18-23)46-20-22-9-13-25(37)14-10-22/h4-19,32H,3,20H2,1-2H3,(H,41,43)/b30-19-/t32-/m1/s1. The van der Waals surface area contributed by atoms with Gasteiger partial charge < -0.3 is 14.8 Å². The summed E-state index contributed by atoms with van der Waals surface area (Å²) in [6, 6.07) is 28.2. The van der Waals surface area contributed by atoms with Gasteiger partial charge in [-0.1, -0.05) is 69.7 Å². The van der Waals surface area contributed by atoms with E-state index in [9.17, 15) is 9.59 Å². The van der Waals surface area contributed by atoms with Crippen molar-refractivity contribution in [3.8, 4) is 11.5 Å². The quantitative estimate of drug-likeness (QED) is 0.153. The van der Waals surface area contributed by atoms with E-state index in [1.165, 1.54) is 11.3 Å². The summed E-state index contributed by atoms with van der Waals surface area (Å²) in [7, 11) is 0. The van der Waals surface area contributed by atoms with Crippen LogP contribution in [0.3, 0.4) is 0 Å². The van der Waals surface area contributed by atoms with Crippen molar-refractivity contribution in [2.45, 2.75) is 26.5 Å². The van der Waals surface area contributed by atoms with Crippen LogP contribution in [0.2, 0.25) is 0 Å². The van der Waals surface area contributed by atoms with Gasteiger partial charge in [-0.2, -0.15) is 0 Å². The molecule has 0 bridgehead atoms. The molecule has 0 unspecified atom stereocenters. The lowest BCUT2D eigenvalue weighted by Gasteiger charge is -2.25. The molecule has 5 aromatic rings. The molecule has 1 amide bonds. The van der Waals surface area contributed by atoms with E-state index < -0.39 is 6.04 Å². The number of aromatic nitrogens is 1. The van der Waals surface area contributed by atoms with E-state index in [1.54, 1.807) is 4.57 Å². The maximum atomic E-state index is 14.2. The van der Waals surface area contributed by atoms with Gasteiger partial charge in [-0.3, -0.25) is 14.2 Å². The number of rotatable bonds is 9. The number of thiazole rings is 1. The fourth-order valence-electron chi connectivity index (χ4n) is 5.25. The summed E-state index contributed by atoms with van der Waals surface area (Å²) < 4.78 is 16.9. The van der Waals surface area contributed by atoms with Crippen molar-refractivity contribution in [2.75, 3.05) is 11.9 Å². The second-order valence-corrected chi connectivity index (χ2v) is 14.9. The molecule has 11 heteroatoms. The van der Waals surface area contributed by atoms with Gasteiger partial charge in [0.2, 0.25) is 0 Å². The minimum absolute atomic E-state index is 0.217. The van der Waals surface area contributed by atoms with Crippen LogP contribution in [0.5, 0.6) is 11.5 Å². The van der Waals surface area contributed by atoms with Crippen LogP contribution in [0.15, 0.2) is 117 Å². The molecule has 0 saturated carbocycles. The van der Waals surface area contributed by atoms with E-state index in [0.717, 1.165) is 34.1 Å². The van der Waals surface area contributed by atoms with Crippen molar-refractivity contribution in [1.29, 1.82) is 0 Å². The average Bonchev–Trinajstić information content (AvgIpc) is 3.35. The molecule has 1 aliphatic heterocycles. The normalized spacial score (nSPS) is 14.4. The molecule has 2 heterocycles. The molecule has 47 heavy (non-hydrogen) atoms. The van der Waals surface area contributed by atoms with Crippen LogP contribution in [0.25, 0.3) is 6.08 Å². The monoisotopic (exact) mass is 931 g/mol. The lowest BCUT2D eigenvalue weighted by atomic mass is 9.95. The number of ether oxygens (including phenoxy) is 2. The molecule has 1 atom stereocenters. The predicted molar refractivity (Wildman–Crippen MR) is 207 cm³/mol. The van der Waals surface area contributed by atoms with Crippen LogP contribution in [-0.2, 0) is 11.4 Å². The molecule has 0 saturated heterocycles. The van der Waals surface area contributed by atoms with E-state index in [1.807, 2.05) is 111 Å². The Hall–Kier alpha value is -3.27. The number of allylic oxidation sites excluding steroid dienone is 1. The average molecular weight is 932 g/mol. The van der Waals surface area contributed by atoms with Crippen LogP contribution in [0, 0.1) is 7.14 Å². The van der Waals surface area contributed by atoms with Crippen molar-refractivity contribution in [1.82, 2.24) is 4.57 Å². The van der Waals surface area contributed by atoms with Gasteiger partial charge in [0.15, 0.2) is 4.80 Å². The zero-order valence-corrected chi connectivity index (χ0v) is 32.0. The zero-order chi connectivity index (χ0) is 33.1. The lowest BCUT2D eigenvalue weighted by molar-refractivity contribution is -0.113. The molecular formula is C36H28BrI2N3O4S. The second kappa shape index (κ2) is 14.9. The van der Waals surface area contributed by atoms with Crippen molar-refractivity contribution >= 4 is 90.1 Å². The number of benzene rings is 4. The van der Waals surface area contributed by atoms with Crippen molar-refractivity contribution < 1.29 is 14.3 Å². The van der Waals surface area contributed by atoms with Gasteiger partial charge in [-0.05, 0) is 130 Å². The highest BCUT2D eigenvalue weighted by Gasteiger charge is 2.32. The number of anilines is 1. The molecule has 1 aliphatic rings. The minimum Gasteiger partial charge on any atom is -0.494 e. The number of hydrogen-bond acceptors (Lipinski definition) is 6. The summed E-state index contributed by atoms with van der Waals surface area (Å²) in [4.78, 5) is 33.3. The Morgan fingerprint density at radius 3 is 2.34 bits per heavy atom. The number of carbonyl (C=O) groups excluding carboxylic acids is 1. The molecule has 0 spiro atoms. The molecule has 4 aromatic carbocycles. The summed E-state index contributed by atoms with van der Waals surface area (Å²) in [6.07, 6.45) is 1.88. The molecular weight excluding hydrogens is 904 g/mol. The molecule has 0 radical (unpaired) electrons. The van der Waals surface area contributed by atoms with Crippen LogP contribution < -0.4 is 29.7 Å². The predicted octanol–water partition coefficient (Wildman–Crippen LogP) is 7.82. The first-order valence-corrected chi connectivity index (χ1v) is 18.5. The van der Waals surface area contributed by atoms with E-state index in [4.69, 9.17) is 14.5 Å². The number of hydrogen-bond donors (Lipinski definition) is 1. The fraction of sp³-hybridized carbons (Fsp3) is 0.139. The zero-order valence-electron chi connectivity index (χ0n) is 25.3. The molecule has 1 N–H and O–H groups in total. The Kier molecular flexibility index (Phi) is 10.6. The van der Waals surface area contributed by atoms with Gasteiger partial charge in [-0.15, -0.1) is 0 Å². The van der Waals surface area contributed by atoms with Crippen molar-refractivity contribution in [3.63, 3.8) is 0 Å². The van der Waals surface area contributed by atoms with Gasteiger partial charge in [-0.25, -0.2) is 4.99 Å². The molecule has 7 nitrogen and oxygen atoms in total. The number of fused-ring (bicyclic) bond motifs is 1. The Morgan fingerprint density at radius 1 is 1.00 bits per heavy atom. The number of para-hydroxylation sites is 1. The highest BCUT2D eigenvalue weighted by Crippen LogP contribution is 2.33. The fourth-order valence-corrected chi connectivity index (χ4v) is 8.69. The third kappa shape index (κ3) is 7.58. The lowest BCUT2D eigenvalue weighted by Crippen LogP contribution is -2.40. The van der Waals surface area contributed by atoms with E-state index in [-0.39, 0.29) is 11.5 Å². The van der Waals surface area contributed by atoms with Gasteiger partial charge in [0.1, 0.15) is 18.1 Å². The number of carbonyl (C=O) groups is 1. The largest absolute Gasteiger partial charge is 0.494 e. The van der Waals surface area contributed by atoms with Crippen LogP contribution in [0.4, 0.5) is 5.69 Å². The van der Waals surface area contributed by atoms with Crippen molar-refractivity contribution in [3.05, 3.63) is 150 Å². The van der Waals surface area contributed by atoms with E-state index in [0.29, 0.717) is 45.3 Å². The summed E-state index contributed by atoms with van der Waals surface area (Å²) in [5, 5.41) is 2.99. The van der Waals surface area contributed by atoms with Gasteiger partial charge in [0, 0.05) is 10.2 Å². The van der Waals surface area contributed by atoms with Gasteiger partial charge in [0.25, 0.3) is 11.5 Å². The first kappa shape index (κ1) is 33.6. The second-order valence-electron chi connectivity index (χ2n) is 10.6. The summed E-state index contributed by atoms with van der Waals surface area (Å²) in [5.41, 5.74) is 4.13. The Bertz CT molecular complexity index is 2140. The molecule has 6 rings (SSSR count). The summed E-state index contributed by atoms with van der Waals surface area (Å²) >= 11 is 9.32. The van der Waals surface area contributed by atoms with Gasteiger partial charge >= 0.3 is 0 Å². The third-order valence-electron chi connectivity index (χ3n) is 7.42. The number of amides is 1. The van der Waals surface area contributed by atoms with E-state index in [2.05, 4.69) is 66.4 Å². The summed E-state index contributed by atoms with van der Waals surface area (Å²) in [5.74, 6) is 1.20. The highest BCUT2D eigenvalue weighted by atomic mass is 127. The molecule has 238 valence electrons. The van der Waals surface area contributed by atoms with Crippen molar-refractivity contribution in [2.24, 2.45) is 4.99 Å². The molecule has 0 aliphatic carbocycles. The molecule has 0 fully saturated rings. The topological polar surface area (TPSA) is 81.9 Å². The smallest absolute Gasteiger partial charge is 0.271 e. The third-order valence-corrected chi connectivity index (χ3v) is 10.5. The Morgan fingerprint density at radius 2 is 1.68 bits per heavy atom. The minimum atomic E-state index is -0.678. The molecule has 1 aromatic heterocycles. The number of nitrogens with one attached hydrogen (secondary N) is 1. The first-order chi connectivity index (χ1) is 22.7. The first-order valence-electron chi connectivity index (χ1n) is 14.7. The maximum Gasteiger partial charge on any atom is 0.271 e. The van der Waals surface area contributed by atoms with Crippen LogP contribution >= 0.6 is 72.4 Å². The maximum absolute atomic E-state index is 14.2. The van der Waals surface area contributed by atoms with Crippen LogP contribution in [-0.4, -0.2) is 17.1 Å². The highest BCUT2D eigenvalue weighted by molar-refractivity contribution is 14.1. The van der Waals surface area contributed by atoms with E-state index >= 15 is 0 Å². The van der Waals surface area contributed by atoms with Crippen LogP contribution in [0.1, 0.15) is 36.6 Å². The van der Waals surface area contributed by atoms with Gasteiger partial charge in [0.05, 0.1) is 35.6 Å².